The predicted molar refractivity (Wildman–Crippen MR) is 69.7 cm³/mol. The number of piperazine rings is 1. The summed E-state index contributed by atoms with van der Waals surface area (Å²) in [5.41, 5.74) is 0. The molecular formula is C13H24N4. The van der Waals surface area contributed by atoms with Crippen molar-refractivity contribution in [3.8, 4) is 0 Å². The molecule has 17 heavy (non-hydrogen) atoms. The van der Waals surface area contributed by atoms with Gasteiger partial charge in [0.2, 0.25) is 0 Å². The summed E-state index contributed by atoms with van der Waals surface area (Å²) in [6, 6.07) is 1.19. The molecular weight excluding hydrogens is 212 g/mol. The van der Waals surface area contributed by atoms with Crippen LogP contribution in [0.1, 0.15) is 26.6 Å². The van der Waals surface area contributed by atoms with E-state index in [0.717, 1.165) is 25.5 Å². The quantitative estimate of drug-likeness (QED) is 0.857. The number of hydrogen-bond donors (Lipinski definition) is 1. The minimum Gasteiger partial charge on any atom is -0.337 e. The Morgan fingerprint density at radius 3 is 2.88 bits per heavy atom. The summed E-state index contributed by atoms with van der Waals surface area (Å²) in [6.07, 6.45) is 3.89. The van der Waals surface area contributed by atoms with E-state index in [9.17, 15) is 0 Å². The molecule has 96 valence electrons. The highest BCUT2D eigenvalue weighted by molar-refractivity contribution is 4.94. The van der Waals surface area contributed by atoms with Gasteiger partial charge in [-0.3, -0.25) is 4.90 Å². The molecule has 0 aliphatic carbocycles. The van der Waals surface area contributed by atoms with Gasteiger partial charge in [-0.1, -0.05) is 13.8 Å². The van der Waals surface area contributed by atoms with Crippen molar-refractivity contribution in [1.82, 2.24) is 19.8 Å². The molecule has 2 rings (SSSR count). The zero-order chi connectivity index (χ0) is 12.4. The summed E-state index contributed by atoms with van der Waals surface area (Å²) in [7, 11) is 2.06. The third-order valence-corrected chi connectivity index (χ3v) is 3.80. The van der Waals surface area contributed by atoms with Crippen LogP contribution in [0.25, 0.3) is 0 Å². The number of aromatic nitrogens is 2. The highest BCUT2D eigenvalue weighted by Crippen LogP contribution is 2.15. The monoisotopic (exact) mass is 236 g/mol. The highest BCUT2D eigenvalue weighted by atomic mass is 15.2. The van der Waals surface area contributed by atoms with Gasteiger partial charge in [0.1, 0.15) is 5.82 Å². The van der Waals surface area contributed by atoms with Gasteiger partial charge in [0.15, 0.2) is 0 Å². The Morgan fingerprint density at radius 1 is 1.53 bits per heavy atom. The summed E-state index contributed by atoms with van der Waals surface area (Å²) in [6.45, 7) is 10.0. The SMILES string of the molecule is CC(C)C1CN(Cc2nccn2C)C(C)CN1. The predicted octanol–water partition coefficient (Wildman–Crippen LogP) is 1.24. The summed E-state index contributed by atoms with van der Waals surface area (Å²) < 4.78 is 2.11. The second kappa shape index (κ2) is 5.19. The average Bonchev–Trinajstić information content (AvgIpc) is 2.67. The van der Waals surface area contributed by atoms with Crippen molar-refractivity contribution in [3.63, 3.8) is 0 Å². The van der Waals surface area contributed by atoms with Gasteiger partial charge in [-0.05, 0) is 12.8 Å². The summed E-state index contributed by atoms with van der Waals surface area (Å²) in [4.78, 5) is 6.95. The number of hydrogen-bond acceptors (Lipinski definition) is 3. The molecule has 0 spiro atoms. The van der Waals surface area contributed by atoms with Crippen molar-refractivity contribution in [2.45, 2.75) is 39.4 Å². The van der Waals surface area contributed by atoms with E-state index in [-0.39, 0.29) is 0 Å². The first kappa shape index (κ1) is 12.6. The smallest absolute Gasteiger partial charge is 0.122 e. The Labute approximate surface area is 104 Å². The lowest BCUT2D eigenvalue weighted by Gasteiger charge is -2.40. The van der Waals surface area contributed by atoms with Crippen LogP contribution in [-0.2, 0) is 13.6 Å². The van der Waals surface area contributed by atoms with E-state index in [1.807, 2.05) is 12.4 Å². The van der Waals surface area contributed by atoms with Crippen LogP contribution in [0.4, 0.5) is 0 Å². The maximum atomic E-state index is 4.42. The zero-order valence-electron chi connectivity index (χ0n) is 11.3. The molecule has 1 N–H and O–H groups in total. The number of nitrogens with one attached hydrogen (secondary N) is 1. The largest absolute Gasteiger partial charge is 0.337 e. The van der Waals surface area contributed by atoms with Gasteiger partial charge in [-0.25, -0.2) is 4.98 Å². The van der Waals surface area contributed by atoms with Crippen LogP contribution in [0, 0.1) is 5.92 Å². The highest BCUT2D eigenvalue weighted by Gasteiger charge is 2.27. The molecule has 0 radical (unpaired) electrons. The number of nitrogens with zero attached hydrogens (tertiary/aromatic N) is 3. The Kier molecular flexibility index (Phi) is 3.84. The molecule has 2 atom stereocenters. The average molecular weight is 236 g/mol. The van der Waals surface area contributed by atoms with E-state index >= 15 is 0 Å². The molecule has 2 unspecified atom stereocenters. The Bertz CT molecular complexity index is 358. The van der Waals surface area contributed by atoms with Crippen molar-refractivity contribution >= 4 is 0 Å². The van der Waals surface area contributed by atoms with Crippen molar-refractivity contribution in [1.29, 1.82) is 0 Å². The van der Waals surface area contributed by atoms with Gasteiger partial charge >= 0.3 is 0 Å². The maximum absolute atomic E-state index is 4.42. The molecule has 1 saturated heterocycles. The Hall–Kier alpha value is -0.870. The van der Waals surface area contributed by atoms with Gasteiger partial charge in [-0.15, -0.1) is 0 Å². The van der Waals surface area contributed by atoms with Crippen molar-refractivity contribution in [2.75, 3.05) is 13.1 Å². The van der Waals surface area contributed by atoms with Gasteiger partial charge in [0.25, 0.3) is 0 Å². The van der Waals surface area contributed by atoms with E-state index in [4.69, 9.17) is 0 Å². The lowest BCUT2D eigenvalue weighted by Crippen LogP contribution is -2.56. The minimum absolute atomic E-state index is 0.585. The fraction of sp³-hybridized carbons (Fsp3) is 0.769. The van der Waals surface area contributed by atoms with E-state index in [0.29, 0.717) is 18.0 Å². The van der Waals surface area contributed by atoms with Crippen LogP contribution in [0.2, 0.25) is 0 Å². The van der Waals surface area contributed by atoms with E-state index in [2.05, 4.69) is 47.6 Å². The van der Waals surface area contributed by atoms with Gasteiger partial charge in [-0.2, -0.15) is 0 Å². The van der Waals surface area contributed by atoms with Gasteiger partial charge < -0.3 is 9.88 Å². The Balaban J connectivity index is 2.01. The maximum Gasteiger partial charge on any atom is 0.122 e. The number of rotatable bonds is 3. The van der Waals surface area contributed by atoms with Crippen LogP contribution in [0.15, 0.2) is 12.4 Å². The first-order valence-electron chi connectivity index (χ1n) is 6.51. The molecule has 2 heterocycles. The molecule has 1 aromatic rings. The molecule has 1 aliphatic rings. The fourth-order valence-electron chi connectivity index (χ4n) is 2.35. The third kappa shape index (κ3) is 2.87. The van der Waals surface area contributed by atoms with E-state index in [1.54, 1.807) is 0 Å². The van der Waals surface area contributed by atoms with Gasteiger partial charge in [0, 0.05) is 44.6 Å². The molecule has 0 bridgehead atoms. The lowest BCUT2D eigenvalue weighted by molar-refractivity contribution is 0.112. The molecule has 0 saturated carbocycles. The van der Waals surface area contributed by atoms with Crippen molar-refractivity contribution in [3.05, 3.63) is 18.2 Å². The molecule has 1 fully saturated rings. The molecule has 0 amide bonds. The Morgan fingerprint density at radius 2 is 2.29 bits per heavy atom. The molecule has 1 aromatic heterocycles. The van der Waals surface area contributed by atoms with E-state index < -0.39 is 0 Å². The lowest BCUT2D eigenvalue weighted by atomic mass is 10.00. The van der Waals surface area contributed by atoms with Gasteiger partial charge in [0.05, 0.1) is 6.54 Å². The topological polar surface area (TPSA) is 33.1 Å². The molecule has 0 aromatic carbocycles. The van der Waals surface area contributed by atoms with Crippen LogP contribution in [0.3, 0.4) is 0 Å². The first-order chi connectivity index (χ1) is 8.08. The summed E-state index contributed by atoms with van der Waals surface area (Å²) >= 11 is 0. The summed E-state index contributed by atoms with van der Waals surface area (Å²) in [5, 5.41) is 3.62. The number of aryl methyl sites for hydroxylation is 1. The normalized spacial score (nSPS) is 26.6. The third-order valence-electron chi connectivity index (χ3n) is 3.80. The standard InChI is InChI=1S/C13H24N4/c1-10(2)12-8-17(11(3)7-15-12)9-13-14-5-6-16(13)4/h5-6,10-12,15H,7-9H2,1-4H3. The number of imidazole rings is 1. The fourth-order valence-corrected chi connectivity index (χ4v) is 2.35. The van der Waals surface area contributed by atoms with Crippen molar-refractivity contribution < 1.29 is 0 Å². The van der Waals surface area contributed by atoms with E-state index in [1.165, 1.54) is 0 Å². The minimum atomic E-state index is 0.585. The molecule has 1 aliphatic heterocycles. The van der Waals surface area contributed by atoms with Crippen LogP contribution < -0.4 is 5.32 Å². The van der Waals surface area contributed by atoms with Crippen LogP contribution >= 0.6 is 0 Å². The second-order valence-corrected chi connectivity index (χ2v) is 5.49. The molecule has 4 nitrogen and oxygen atoms in total. The second-order valence-electron chi connectivity index (χ2n) is 5.49. The zero-order valence-corrected chi connectivity index (χ0v) is 11.3. The molecule has 4 heteroatoms. The van der Waals surface area contributed by atoms with Crippen LogP contribution in [-0.4, -0.2) is 39.6 Å². The first-order valence-corrected chi connectivity index (χ1v) is 6.51. The van der Waals surface area contributed by atoms with Crippen molar-refractivity contribution in [2.24, 2.45) is 13.0 Å². The summed E-state index contributed by atoms with van der Waals surface area (Å²) in [5.74, 6) is 1.84. The van der Waals surface area contributed by atoms with Crippen LogP contribution in [0.5, 0.6) is 0 Å².